The minimum atomic E-state index is -3.71. The second-order valence-electron chi connectivity index (χ2n) is 5.22. The molecule has 2 fully saturated rings. The van der Waals surface area contributed by atoms with Gasteiger partial charge in [-0.05, 0) is 18.9 Å². The van der Waals surface area contributed by atoms with Gasteiger partial charge < -0.3 is 10.2 Å². The van der Waals surface area contributed by atoms with Crippen LogP contribution in [0.2, 0.25) is 0 Å². The third-order valence-electron chi connectivity index (χ3n) is 3.73. The molecule has 0 amide bonds. The van der Waals surface area contributed by atoms with Crippen LogP contribution >= 0.6 is 0 Å². The van der Waals surface area contributed by atoms with Crippen LogP contribution < -0.4 is 10.2 Å². The molecule has 1 saturated heterocycles. The van der Waals surface area contributed by atoms with Crippen LogP contribution in [0.3, 0.4) is 0 Å². The molecule has 7 heteroatoms. The number of halogens is 2. The molecule has 3 rings (SSSR count). The predicted octanol–water partition coefficient (Wildman–Crippen LogP) is 1.31. The fraction of sp³-hybridized carbons (Fsp3) is 0.538. The molecule has 1 heterocycles. The largest absolute Gasteiger partial charge is 0.367 e. The number of piperazine rings is 1. The zero-order valence-electron chi connectivity index (χ0n) is 10.9. The molecule has 0 unspecified atom stereocenters. The van der Waals surface area contributed by atoms with Crippen LogP contribution in [-0.4, -0.2) is 39.8 Å². The summed E-state index contributed by atoms with van der Waals surface area (Å²) in [6.45, 7) is 2.54. The summed E-state index contributed by atoms with van der Waals surface area (Å²) in [6, 6.07) is 1.84. The van der Waals surface area contributed by atoms with Crippen molar-refractivity contribution in [2.24, 2.45) is 0 Å². The number of hydrogen-bond acceptors (Lipinski definition) is 4. The Morgan fingerprint density at radius 1 is 1.10 bits per heavy atom. The van der Waals surface area contributed by atoms with E-state index in [4.69, 9.17) is 0 Å². The summed E-state index contributed by atoms with van der Waals surface area (Å²) in [5.74, 6) is -1.53. The molecule has 1 aliphatic carbocycles. The number of hydrogen-bond donors (Lipinski definition) is 1. The van der Waals surface area contributed by atoms with Gasteiger partial charge in [-0.2, -0.15) is 0 Å². The lowest BCUT2D eigenvalue weighted by molar-refractivity contribution is 0.539. The smallest absolute Gasteiger partial charge is 0.184 e. The molecule has 4 nitrogen and oxygen atoms in total. The van der Waals surface area contributed by atoms with Crippen molar-refractivity contribution in [3.63, 3.8) is 0 Å². The van der Waals surface area contributed by atoms with E-state index in [-0.39, 0.29) is 5.69 Å². The standard InChI is InChI=1S/C13H16F2N2O2S/c14-10-8-13(20(18,19)9-1-2-9)11(15)7-12(10)17-5-3-16-4-6-17/h7-9,16H,1-6H2. The second-order valence-corrected chi connectivity index (χ2v) is 7.41. The molecule has 2 aliphatic rings. The first-order chi connectivity index (χ1) is 9.50. The van der Waals surface area contributed by atoms with Gasteiger partial charge >= 0.3 is 0 Å². The first-order valence-corrected chi connectivity index (χ1v) is 8.23. The first kappa shape index (κ1) is 13.8. The van der Waals surface area contributed by atoms with Gasteiger partial charge in [0, 0.05) is 32.2 Å². The third kappa shape index (κ3) is 2.40. The van der Waals surface area contributed by atoms with E-state index >= 15 is 0 Å². The van der Waals surface area contributed by atoms with Crippen molar-refractivity contribution in [1.82, 2.24) is 5.32 Å². The Labute approximate surface area is 116 Å². The summed E-state index contributed by atoms with van der Waals surface area (Å²) < 4.78 is 52.3. The molecule has 0 spiro atoms. The highest BCUT2D eigenvalue weighted by atomic mass is 32.2. The molecule has 20 heavy (non-hydrogen) atoms. The maximum absolute atomic E-state index is 14.1. The quantitative estimate of drug-likeness (QED) is 0.915. The maximum atomic E-state index is 14.1. The van der Waals surface area contributed by atoms with Gasteiger partial charge in [0.25, 0.3) is 0 Å². The molecule has 1 aliphatic heterocycles. The summed E-state index contributed by atoms with van der Waals surface area (Å²) in [6.07, 6.45) is 1.06. The van der Waals surface area contributed by atoms with Crippen molar-refractivity contribution in [3.05, 3.63) is 23.8 Å². The van der Waals surface area contributed by atoms with Gasteiger partial charge in [0.1, 0.15) is 16.5 Å². The molecule has 0 atom stereocenters. The van der Waals surface area contributed by atoms with Crippen molar-refractivity contribution >= 4 is 15.5 Å². The number of nitrogens with one attached hydrogen (secondary N) is 1. The minimum absolute atomic E-state index is 0.138. The van der Waals surface area contributed by atoms with Gasteiger partial charge in [-0.3, -0.25) is 0 Å². The topological polar surface area (TPSA) is 49.4 Å². The van der Waals surface area contributed by atoms with Crippen molar-refractivity contribution in [2.75, 3.05) is 31.1 Å². The van der Waals surface area contributed by atoms with Crippen molar-refractivity contribution in [2.45, 2.75) is 23.0 Å². The van der Waals surface area contributed by atoms with Crippen LogP contribution in [0.25, 0.3) is 0 Å². The second kappa shape index (κ2) is 4.96. The van der Waals surface area contributed by atoms with Crippen LogP contribution in [0.15, 0.2) is 17.0 Å². The number of rotatable bonds is 3. The lowest BCUT2D eigenvalue weighted by atomic mass is 10.2. The van der Waals surface area contributed by atoms with Crippen LogP contribution in [0.5, 0.6) is 0 Å². The molecule has 1 aromatic rings. The van der Waals surface area contributed by atoms with Gasteiger partial charge in [0.15, 0.2) is 9.84 Å². The highest BCUT2D eigenvalue weighted by molar-refractivity contribution is 7.92. The van der Waals surface area contributed by atoms with Crippen molar-refractivity contribution < 1.29 is 17.2 Å². The maximum Gasteiger partial charge on any atom is 0.184 e. The summed E-state index contributed by atoms with van der Waals surface area (Å²) >= 11 is 0. The number of benzene rings is 1. The molecular formula is C13H16F2N2O2S. The summed E-state index contributed by atoms with van der Waals surface area (Å²) in [5.41, 5.74) is 0.138. The monoisotopic (exact) mass is 302 g/mol. The van der Waals surface area contributed by atoms with Crippen LogP contribution in [0.1, 0.15) is 12.8 Å². The Bertz CT molecular complexity index is 624. The van der Waals surface area contributed by atoms with E-state index in [0.717, 1.165) is 12.1 Å². The number of anilines is 1. The lowest BCUT2D eigenvalue weighted by Crippen LogP contribution is -2.44. The zero-order chi connectivity index (χ0) is 14.3. The fourth-order valence-corrected chi connectivity index (χ4v) is 4.16. The normalized spacial score (nSPS) is 20.2. The van der Waals surface area contributed by atoms with Crippen molar-refractivity contribution in [1.29, 1.82) is 0 Å². The molecular weight excluding hydrogens is 286 g/mol. The van der Waals surface area contributed by atoms with Crippen LogP contribution in [0, 0.1) is 11.6 Å². The lowest BCUT2D eigenvalue weighted by Gasteiger charge is -2.29. The van der Waals surface area contributed by atoms with E-state index in [1.54, 1.807) is 4.90 Å². The first-order valence-electron chi connectivity index (χ1n) is 6.69. The van der Waals surface area contributed by atoms with E-state index < -0.39 is 31.6 Å². The Morgan fingerprint density at radius 3 is 2.35 bits per heavy atom. The molecule has 1 aromatic carbocycles. The van der Waals surface area contributed by atoms with Gasteiger partial charge in [-0.25, -0.2) is 17.2 Å². The Kier molecular flexibility index (Phi) is 3.41. The average molecular weight is 302 g/mol. The van der Waals surface area contributed by atoms with E-state index in [1.165, 1.54) is 0 Å². The summed E-state index contributed by atoms with van der Waals surface area (Å²) in [5, 5.41) is 2.58. The SMILES string of the molecule is O=S(=O)(c1cc(F)c(N2CCNCC2)cc1F)C1CC1. The van der Waals surface area contributed by atoms with Gasteiger partial charge in [0.05, 0.1) is 10.9 Å². The zero-order valence-corrected chi connectivity index (χ0v) is 11.7. The Balaban J connectivity index is 1.98. The van der Waals surface area contributed by atoms with Gasteiger partial charge in [-0.15, -0.1) is 0 Å². The highest BCUT2D eigenvalue weighted by Crippen LogP contribution is 2.36. The number of sulfone groups is 1. The number of nitrogens with zero attached hydrogens (tertiary/aromatic N) is 1. The Morgan fingerprint density at radius 2 is 1.75 bits per heavy atom. The molecule has 0 radical (unpaired) electrons. The molecule has 1 N–H and O–H groups in total. The fourth-order valence-electron chi connectivity index (χ4n) is 2.44. The predicted molar refractivity (Wildman–Crippen MR) is 71.6 cm³/mol. The minimum Gasteiger partial charge on any atom is -0.367 e. The molecule has 0 bridgehead atoms. The molecule has 0 aromatic heterocycles. The van der Waals surface area contributed by atoms with E-state index in [0.29, 0.717) is 39.0 Å². The summed E-state index contributed by atoms with van der Waals surface area (Å²) in [7, 11) is -3.71. The molecule has 110 valence electrons. The third-order valence-corrected chi connectivity index (χ3v) is 6.00. The van der Waals surface area contributed by atoms with E-state index in [1.807, 2.05) is 0 Å². The highest BCUT2D eigenvalue weighted by Gasteiger charge is 2.39. The van der Waals surface area contributed by atoms with E-state index in [2.05, 4.69) is 5.32 Å². The van der Waals surface area contributed by atoms with Gasteiger partial charge in [0.2, 0.25) is 0 Å². The van der Waals surface area contributed by atoms with Crippen molar-refractivity contribution in [3.8, 4) is 0 Å². The van der Waals surface area contributed by atoms with Gasteiger partial charge in [-0.1, -0.05) is 0 Å². The van der Waals surface area contributed by atoms with Crippen LogP contribution in [0.4, 0.5) is 14.5 Å². The Hall–Kier alpha value is -1.21. The van der Waals surface area contributed by atoms with Crippen LogP contribution in [-0.2, 0) is 9.84 Å². The molecule has 1 saturated carbocycles. The average Bonchev–Trinajstić information content (AvgIpc) is 3.26. The van der Waals surface area contributed by atoms with E-state index in [9.17, 15) is 17.2 Å². The summed E-state index contributed by atoms with van der Waals surface area (Å²) in [4.78, 5) is 1.22.